The normalized spacial score (nSPS) is 16.4. The number of sulfonamides is 1. The molecule has 3 rings (SSSR count). The zero-order chi connectivity index (χ0) is 20.3. The summed E-state index contributed by atoms with van der Waals surface area (Å²) in [6, 6.07) is 9.46. The maximum Gasteiger partial charge on any atom is 0.279 e. The predicted octanol–water partition coefficient (Wildman–Crippen LogP) is 1.71. The molecule has 1 aliphatic rings. The van der Waals surface area contributed by atoms with Crippen LogP contribution in [0.25, 0.3) is 0 Å². The average molecular weight is 423 g/mol. The Balaban J connectivity index is 1.58. The zero-order valence-electron chi connectivity index (χ0n) is 16.6. The molecule has 0 atom stereocenters. The number of benzene rings is 1. The molecule has 0 aliphatic carbocycles. The van der Waals surface area contributed by atoms with Crippen LogP contribution in [0.3, 0.4) is 0 Å². The molecule has 1 aliphatic heterocycles. The lowest BCUT2D eigenvalue weighted by Crippen LogP contribution is -3.15. The topological polar surface area (TPSA) is 70.9 Å². The molecule has 8 heteroatoms. The molecule has 28 heavy (non-hydrogen) atoms. The number of thiophene rings is 1. The number of para-hydroxylation sites is 1. The molecule has 1 amide bonds. The summed E-state index contributed by atoms with van der Waals surface area (Å²) < 4.78 is 27.1. The van der Waals surface area contributed by atoms with E-state index in [-0.39, 0.29) is 5.91 Å². The van der Waals surface area contributed by atoms with Gasteiger partial charge in [0.25, 0.3) is 15.9 Å². The van der Waals surface area contributed by atoms with E-state index in [1.54, 1.807) is 17.5 Å². The van der Waals surface area contributed by atoms with Crippen LogP contribution in [0.4, 0.5) is 5.69 Å². The monoisotopic (exact) mass is 422 g/mol. The van der Waals surface area contributed by atoms with Crippen LogP contribution >= 0.6 is 11.3 Å². The van der Waals surface area contributed by atoms with Gasteiger partial charge < -0.3 is 10.2 Å². The number of carbonyl (C=O) groups is 1. The molecule has 2 N–H and O–H groups in total. The lowest BCUT2D eigenvalue weighted by Gasteiger charge is -2.31. The molecule has 0 radical (unpaired) electrons. The predicted molar refractivity (Wildman–Crippen MR) is 113 cm³/mol. The Bertz CT molecular complexity index is 916. The second-order valence-corrected chi connectivity index (χ2v) is 10.6. The van der Waals surface area contributed by atoms with E-state index >= 15 is 0 Å². The second kappa shape index (κ2) is 8.73. The fourth-order valence-corrected chi connectivity index (χ4v) is 6.10. The van der Waals surface area contributed by atoms with Crippen LogP contribution in [0, 0.1) is 6.92 Å². The average Bonchev–Trinajstić information content (AvgIpc) is 3.19. The van der Waals surface area contributed by atoms with Gasteiger partial charge in [0.15, 0.2) is 6.54 Å². The largest absolute Gasteiger partial charge is 0.325 e. The van der Waals surface area contributed by atoms with Crippen molar-refractivity contribution in [2.75, 3.05) is 38.0 Å². The molecule has 0 spiro atoms. The van der Waals surface area contributed by atoms with E-state index in [1.807, 2.05) is 25.1 Å². The Kier molecular flexibility index (Phi) is 6.54. The molecule has 0 bridgehead atoms. The smallest absolute Gasteiger partial charge is 0.279 e. The third kappa shape index (κ3) is 4.63. The highest BCUT2D eigenvalue weighted by atomic mass is 32.2. The molecule has 1 aromatic carbocycles. The fourth-order valence-electron chi connectivity index (χ4n) is 3.51. The van der Waals surface area contributed by atoms with E-state index in [0.717, 1.165) is 21.7 Å². The van der Waals surface area contributed by atoms with Gasteiger partial charge in [-0.1, -0.05) is 38.1 Å². The molecule has 152 valence electrons. The van der Waals surface area contributed by atoms with E-state index in [9.17, 15) is 13.2 Å². The van der Waals surface area contributed by atoms with Crippen molar-refractivity contribution in [1.29, 1.82) is 0 Å². The number of carbonyl (C=O) groups excluding carboxylic acids is 1. The number of nitrogens with zero attached hydrogens (tertiary/aromatic N) is 1. The Morgan fingerprint density at radius 3 is 2.54 bits per heavy atom. The molecule has 6 nitrogen and oxygen atoms in total. The molecule has 2 heterocycles. The molecule has 2 aromatic rings. The zero-order valence-corrected chi connectivity index (χ0v) is 18.2. The van der Waals surface area contributed by atoms with Crippen molar-refractivity contribution in [3.8, 4) is 0 Å². The van der Waals surface area contributed by atoms with Crippen LogP contribution in [-0.4, -0.2) is 51.4 Å². The highest BCUT2D eigenvalue weighted by Gasteiger charge is 2.31. The molecule has 0 unspecified atom stereocenters. The second-order valence-electron chi connectivity index (χ2n) is 7.50. The number of piperazine rings is 1. The number of hydrogen-bond donors (Lipinski definition) is 2. The first-order valence-corrected chi connectivity index (χ1v) is 11.9. The third-order valence-electron chi connectivity index (χ3n) is 5.12. The summed E-state index contributed by atoms with van der Waals surface area (Å²) in [4.78, 5) is 13.7. The van der Waals surface area contributed by atoms with Crippen LogP contribution < -0.4 is 10.2 Å². The van der Waals surface area contributed by atoms with E-state index in [4.69, 9.17) is 0 Å². The van der Waals surface area contributed by atoms with Gasteiger partial charge in [-0.15, -0.1) is 11.3 Å². The minimum Gasteiger partial charge on any atom is -0.325 e. The van der Waals surface area contributed by atoms with Crippen molar-refractivity contribution < 1.29 is 18.1 Å². The number of aryl methyl sites for hydroxylation is 1. The molecular weight excluding hydrogens is 394 g/mol. The minimum absolute atomic E-state index is 0.0271. The van der Waals surface area contributed by atoms with Gasteiger partial charge in [0, 0.05) is 5.69 Å². The Morgan fingerprint density at radius 2 is 1.93 bits per heavy atom. The minimum atomic E-state index is -3.40. The van der Waals surface area contributed by atoms with Gasteiger partial charge in [0.05, 0.1) is 26.2 Å². The van der Waals surface area contributed by atoms with Gasteiger partial charge in [0.2, 0.25) is 0 Å². The number of quaternary nitrogens is 1. The van der Waals surface area contributed by atoms with Crippen molar-refractivity contribution in [2.24, 2.45) is 0 Å². The fraction of sp³-hybridized carbons (Fsp3) is 0.450. The van der Waals surface area contributed by atoms with E-state index in [2.05, 4.69) is 19.2 Å². The van der Waals surface area contributed by atoms with Crippen molar-refractivity contribution >= 4 is 33.0 Å². The number of anilines is 1. The third-order valence-corrected chi connectivity index (χ3v) is 8.39. The number of hydrogen-bond acceptors (Lipinski definition) is 4. The van der Waals surface area contributed by atoms with E-state index in [0.29, 0.717) is 42.9 Å². The van der Waals surface area contributed by atoms with Crippen molar-refractivity contribution in [1.82, 2.24) is 4.31 Å². The summed E-state index contributed by atoms with van der Waals surface area (Å²) in [6.07, 6.45) is 0. The van der Waals surface area contributed by atoms with Crippen molar-refractivity contribution in [3.63, 3.8) is 0 Å². The van der Waals surface area contributed by atoms with Gasteiger partial charge in [-0.05, 0) is 35.4 Å². The van der Waals surface area contributed by atoms with Crippen molar-refractivity contribution in [2.45, 2.75) is 30.9 Å². The number of nitrogens with one attached hydrogen (secondary N) is 2. The van der Waals surface area contributed by atoms with Crippen LogP contribution in [0.5, 0.6) is 0 Å². The van der Waals surface area contributed by atoms with E-state index < -0.39 is 10.0 Å². The van der Waals surface area contributed by atoms with Gasteiger partial charge in [-0.2, -0.15) is 4.31 Å². The van der Waals surface area contributed by atoms with Gasteiger partial charge in [-0.3, -0.25) is 4.79 Å². The maximum atomic E-state index is 12.6. The maximum absolute atomic E-state index is 12.6. The first-order valence-electron chi connectivity index (χ1n) is 9.55. The Labute approximate surface area is 171 Å². The van der Waals surface area contributed by atoms with Gasteiger partial charge >= 0.3 is 0 Å². The first kappa shape index (κ1) is 21.0. The summed E-state index contributed by atoms with van der Waals surface area (Å²) in [7, 11) is -3.40. The lowest BCUT2D eigenvalue weighted by atomic mass is 9.98. The van der Waals surface area contributed by atoms with E-state index in [1.165, 1.54) is 15.6 Å². The molecular formula is C20H28N3O3S2+. The SMILES string of the molecule is Cc1cccc(C(C)C)c1NC(=O)C[NH+]1CCN(S(=O)(=O)c2cccs2)CC1. The standard InChI is InChI=1S/C20H27N3O3S2/c1-15(2)17-7-4-6-16(3)20(17)21-18(24)14-22-9-11-23(12-10-22)28(25,26)19-8-5-13-27-19/h4-8,13,15H,9-12,14H2,1-3H3,(H,21,24)/p+1. The summed E-state index contributed by atoms with van der Waals surface area (Å²) >= 11 is 1.24. The molecule has 1 saturated heterocycles. The Hall–Kier alpha value is -1.74. The summed E-state index contributed by atoms with van der Waals surface area (Å²) in [5.74, 6) is 0.300. The van der Waals surface area contributed by atoms with Crippen LogP contribution in [0.2, 0.25) is 0 Å². The van der Waals surface area contributed by atoms with Crippen LogP contribution in [0.15, 0.2) is 39.9 Å². The highest BCUT2D eigenvalue weighted by Crippen LogP contribution is 2.27. The van der Waals surface area contributed by atoms with Gasteiger partial charge in [-0.25, -0.2) is 8.42 Å². The first-order chi connectivity index (χ1) is 13.3. The highest BCUT2D eigenvalue weighted by molar-refractivity contribution is 7.91. The number of rotatable bonds is 6. The van der Waals surface area contributed by atoms with Crippen LogP contribution in [0.1, 0.15) is 30.9 Å². The van der Waals surface area contributed by atoms with Crippen molar-refractivity contribution in [3.05, 3.63) is 46.8 Å². The summed E-state index contributed by atoms with van der Waals surface area (Å²) in [5.41, 5.74) is 3.09. The van der Waals surface area contributed by atoms with Gasteiger partial charge in [0.1, 0.15) is 4.21 Å². The molecule has 1 fully saturated rings. The Morgan fingerprint density at radius 1 is 1.21 bits per heavy atom. The quantitative estimate of drug-likeness (QED) is 0.745. The molecule has 1 aromatic heterocycles. The molecule has 0 saturated carbocycles. The lowest BCUT2D eigenvalue weighted by molar-refractivity contribution is -0.895. The van der Waals surface area contributed by atoms with Crippen LogP contribution in [-0.2, 0) is 14.8 Å². The summed E-state index contributed by atoms with van der Waals surface area (Å²) in [6.45, 7) is 8.70. The summed E-state index contributed by atoms with van der Waals surface area (Å²) in [5, 5.41) is 4.85. The number of amides is 1.